The molecule has 0 bridgehead atoms. The fourth-order valence-electron chi connectivity index (χ4n) is 1.56. The van der Waals surface area contributed by atoms with Crippen LogP contribution in [0.5, 0.6) is 0 Å². The van der Waals surface area contributed by atoms with E-state index in [1.807, 2.05) is 6.92 Å². The van der Waals surface area contributed by atoms with Crippen LogP contribution < -0.4 is 5.32 Å². The Morgan fingerprint density at radius 3 is 3.00 bits per heavy atom. The minimum Gasteiger partial charge on any atom is -0.386 e. The summed E-state index contributed by atoms with van der Waals surface area (Å²) in [5.74, 6) is 0. The third kappa shape index (κ3) is 2.53. The van der Waals surface area contributed by atoms with E-state index in [0.29, 0.717) is 32.7 Å². The molecule has 1 aliphatic rings. The van der Waals surface area contributed by atoms with Gasteiger partial charge in [-0.2, -0.15) is 0 Å². The highest BCUT2D eigenvalue weighted by Crippen LogP contribution is 2.17. The lowest BCUT2D eigenvalue weighted by molar-refractivity contribution is 0.0267. The van der Waals surface area contributed by atoms with E-state index in [9.17, 15) is 5.11 Å². The largest absolute Gasteiger partial charge is 0.386 e. The molecule has 0 radical (unpaired) electrons. The number of nitrogens with zero attached hydrogens (tertiary/aromatic N) is 2. The molecule has 1 atom stereocenters. The molecule has 1 fully saturated rings. The van der Waals surface area contributed by atoms with E-state index in [-0.39, 0.29) is 0 Å². The van der Waals surface area contributed by atoms with Crippen molar-refractivity contribution >= 4 is 0 Å². The van der Waals surface area contributed by atoms with Gasteiger partial charge in [-0.05, 0) is 6.92 Å². The third-order valence-corrected chi connectivity index (χ3v) is 2.58. The maximum atomic E-state index is 9.94. The monoisotopic (exact) mass is 213 g/mol. The zero-order chi connectivity index (χ0) is 10.7. The molecule has 84 valence electrons. The van der Waals surface area contributed by atoms with Crippen LogP contribution in [0.4, 0.5) is 0 Å². The maximum absolute atomic E-state index is 9.94. The van der Waals surface area contributed by atoms with Crippen molar-refractivity contribution in [1.29, 1.82) is 0 Å². The van der Waals surface area contributed by atoms with Crippen LogP contribution in [-0.4, -0.2) is 40.8 Å². The Bertz CT molecular complexity index is 320. The molecule has 0 spiro atoms. The fourth-order valence-corrected chi connectivity index (χ4v) is 1.56. The normalized spacial score (nSPS) is 26.0. The van der Waals surface area contributed by atoms with Crippen LogP contribution >= 0.6 is 0 Å². The highest BCUT2D eigenvalue weighted by molar-refractivity contribution is 5.04. The number of aromatic nitrogens is 2. The number of hydrogen-bond acceptors (Lipinski definition) is 6. The Balaban J connectivity index is 1.77. The molecule has 0 aromatic carbocycles. The van der Waals surface area contributed by atoms with Crippen molar-refractivity contribution < 1.29 is 14.5 Å². The predicted octanol–water partition coefficient (Wildman–Crippen LogP) is -0.381. The van der Waals surface area contributed by atoms with Crippen molar-refractivity contribution in [2.45, 2.75) is 25.5 Å². The van der Waals surface area contributed by atoms with E-state index in [4.69, 9.17) is 4.74 Å². The molecule has 1 aromatic rings. The first-order valence-electron chi connectivity index (χ1n) is 4.98. The van der Waals surface area contributed by atoms with Gasteiger partial charge in [0.15, 0.2) is 0 Å². The highest BCUT2D eigenvalue weighted by atomic mass is 16.6. The van der Waals surface area contributed by atoms with Gasteiger partial charge in [-0.15, -0.1) is 0 Å². The van der Waals surface area contributed by atoms with Gasteiger partial charge in [0.2, 0.25) is 0 Å². The summed E-state index contributed by atoms with van der Waals surface area (Å²) in [6.07, 6.45) is 0.677. The van der Waals surface area contributed by atoms with E-state index < -0.39 is 5.60 Å². The minimum absolute atomic E-state index is 0.399. The average molecular weight is 213 g/mol. The van der Waals surface area contributed by atoms with Gasteiger partial charge in [0.1, 0.15) is 17.0 Å². The zero-order valence-corrected chi connectivity index (χ0v) is 8.69. The zero-order valence-electron chi connectivity index (χ0n) is 8.69. The van der Waals surface area contributed by atoms with Gasteiger partial charge in [0.05, 0.1) is 6.61 Å². The lowest BCUT2D eigenvalue weighted by atomic mass is 10.0. The number of nitrogens with one attached hydrogen (secondary N) is 1. The van der Waals surface area contributed by atoms with Crippen LogP contribution in [0.1, 0.15) is 17.8 Å². The number of rotatable bonds is 4. The molecule has 0 amide bonds. The van der Waals surface area contributed by atoms with Gasteiger partial charge in [0, 0.05) is 26.1 Å². The van der Waals surface area contributed by atoms with E-state index in [0.717, 1.165) is 11.4 Å². The Hall–Kier alpha value is -0.980. The van der Waals surface area contributed by atoms with Crippen molar-refractivity contribution in [2.24, 2.45) is 0 Å². The minimum atomic E-state index is -0.731. The van der Waals surface area contributed by atoms with Crippen molar-refractivity contribution in [3.05, 3.63) is 11.4 Å². The molecule has 0 aliphatic carbocycles. The van der Waals surface area contributed by atoms with Crippen LogP contribution in [0.3, 0.4) is 0 Å². The summed E-state index contributed by atoms with van der Waals surface area (Å²) >= 11 is 0. The summed E-state index contributed by atoms with van der Waals surface area (Å²) in [7, 11) is 0. The summed E-state index contributed by atoms with van der Waals surface area (Å²) in [5, 5.41) is 20.5. The van der Waals surface area contributed by atoms with E-state index in [1.165, 1.54) is 0 Å². The Morgan fingerprint density at radius 2 is 2.40 bits per heavy atom. The van der Waals surface area contributed by atoms with Crippen LogP contribution in [0, 0.1) is 6.92 Å². The van der Waals surface area contributed by atoms with E-state index in [1.54, 1.807) is 0 Å². The van der Waals surface area contributed by atoms with Gasteiger partial charge >= 0.3 is 0 Å². The second kappa shape index (κ2) is 4.26. The smallest absolute Gasteiger partial charge is 0.121 e. The number of ether oxygens (including phenoxy) is 1. The first-order chi connectivity index (χ1) is 7.20. The van der Waals surface area contributed by atoms with Gasteiger partial charge in [-0.25, -0.2) is 4.63 Å². The predicted molar refractivity (Wildman–Crippen MR) is 51.1 cm³/mol. The van der Waals surface area contributed by atoms with Crippen LogP contribution in [0.15, 0.2) is 4.63 Å². The first-order valence-corrected chi connectivity index (χ1v) is 4.98. The lowest BCUT2D eigenvalue weighted by Gasteiger charge is -2.20. The quantitative estimate of drug-likeness (QED) is 0.709. The van der Waals surface area contributed by atoms with Crippen molar-refractivity contribution in [1.82, 2.24) is 15.6 Å². The number of hydrogen-bond donors (Lipinski definition) is 2. The molecule has 1 aromatic heterocycles. The molecule has 2 heterocycles. The van der Waals surface area contributed by atoms with Gasteiger partial charge < -0.3 is 15.2 Å². The maximum Gasteiger partial charge on any atom is 0.121 e. The standard InChI is InChI=1S/C9H15N3O3/c1-7-8(12-15-11-7)4-10-5-9(13)2-3-14-6-9/h10,13H,2-6H2,1H3. The second-order valence-electron chi connectivity index (χ2n) is 3.93. The molecule has 1 aliphatic heterocycles. The fraction of sp³-hybridized carbons (Fsp3) is 0.778. The summed E-state index contributed by atoms with van der Waals surface area (Å²) in [5.41, 5.74) is 0.820. The second-order valence-corrected chi connectivity index (χ2v) is 3.93. The average Bonchev–Trinajstić information content (AvgIpc) is 2.78. The molecule has 2 rings (SSSR count). The Kier molecular flexibility index (Phi) is 2.99. The molecule has 0 saturated carbocycles. The first kappa shape index (κ1) is 10.5. The van der Waals surface area contributed by atoms with Gasteiger partial charge in [-0.3, -0.25) is 0 Å². The number of aryl methyl sites for hydroxylation is 1. The molecule has 15 heavy (non-hydrogen) atoms. The number of aliphatic hydroxyl groups is 1. The van der Waals surface area contributed by atoms with Crippen molar-refractivity contribution in [3.63, 3.8) is 0 Å². The molecule has 2 N–H and O–H groups in total. The van der Waals surface area contributed by atoms with Gasteiger partial charge in [-0.1, -0.05) is 10.3 Å². The SMILES string of the molecule is Cc1nonc1CNCC1(O)CCOC1. The summed E-state index contributed by atoms with van der Waals surface area (Å²) in [6, 6.07) is 0. The van der Waals surface area contributed by atoms with Crippen LogP contribution in [0.25, 0.3) is 0 Å². The Morgan fingerprint density at radius 1 is 1.53 bits per heavy atom. The van der Waals surface area contributed by atoms with Crippen LogP contribution in [0.2, 0.25) is 0 Å². The summed E-state index contributed by atoms with van der Waals surface area (Å²) < 4.78 is 9.70. The molecule has 6 heteroatoms. The molecular formula is C9H15N3O3. The van der Waals surface area contributed by atoms with Gasteiger partial charge in [0.25, 0.3) is 0 Å². The van der Waals surface area contributed by atoms with E-state index >= 15 is 0 Å². The van der Waals surface area contributed by atoms with Crippen molar-refractivity contribution in [2.75, 3.05) is 19.8 Å². The van der Waals surface area contributed by atoms with E-state index in [2.05, 4.69) is 20.3 Å². The molecular weight excluding hydrogens is 198 g/mol. The molecule has 6 nitrogen and oxygen atoms in total. The third-order valence-electron chi connectivity index (χ3n) is 2.58. The van der Waals surface area contributed by atoms with Crippen molar-refractivity contribution in [3.8, 4) is 0 Å². The highest BCUT2D eigenvalue weighted by Gasteiger charge is 2.31. The summed E-state index contributed by atoms with van der Waals surface area (Å²) in [6.45, 7) is 3.91. The lowest BCUT2D eigenvalue weighted by Crippen LogP contribution is -2.40. The molecule has 1 unspecified atom stereocenters. The Labute approximate surface area is 87.6 Å². The summed E-state index contributed by atoms with van der Waals surface area (Å²) in [4.78, 5) is 0. The topological polar surface area (TPSA) is 80.4 Å². The molecule has 1 saturated heterocycles. The van der Waals surface area contributed by atoms with Crippen LogP contribution in [-0.2, 0) is 11.3 Å².